The van der Waals surface area contributed by atoms with Crippen LogP contribution in [0.4, 0.5) is 22.7 Å². The summed E-state index contributed by atoms with van der Waals surface area (Å²) in [5, 5.41) is 6.86. The Morgan fingerprint density at radius 2 is 1.07 bits per heavy atom. The second-order valence-electron chi connectivity index (χ2n) is 17.5. The van der Waals surface area contributed by atoms with E-state index in [0.717, 1.165) is 89.1 Å². The van der Waals surface area contributed by atoms with Crippen LogP contribution in [0.3, 0.4) is 0 Å². The Bertz CT molecular complexity index is 4190. The molecule has 4 heterocycles. The summed E-state index contributed by atoms with van der Waals surface area (Å²) >= 11 is 0. The molecule has 13 aromatic rings. The van der Waals surface area contributed by atoms with Crippen LogP contribution in [0.15, 0.2) is 237 Å². The predicted octanol–water partition coefficient (Wildman–Crippen LogP) is 16.0. The first-order valence-corrected chi connectivity index (χ1v) is 23.5. The van der Waals surface area contributed by atoms with E-state index in [1.165, 1.54) is 21.8 Å². The molecule has 0 amide bonds. The second kappa shape index (κ2) is 17.2. The number of hydrogen-bond acceptors (Lipinski definition) is 2. The minimum absolute atomic E-state index is 0. The molecule has 71 heavy (non-hydrogen) atoms. The van der Waals surface area contributed by atoms with Crippen LogP contribution in [0, 0.1) is 12.1 Å². The monoisotopic (exact) mass is 1090 g/mol. The van der Waals surface area contributed by atoms with Gasteiger partial charge in [0.15, 0.2) is 0 Å². The molecule has 0 unspecified atom stereocenters. The summed E-state index contributed by atoms with van der Waals surface area (Å²) in [7, 11) is 0. The van der Waals surface area contributed by atoms with Crippen LogP contribution < -0.4 is 13.9 Å². The number of rotatable bonds is 8. The van der Waals surface area contributed by atoms with Crippen LogP contribution in [0.5, 0.6) is 11.5 Å². The molecular weight excluding hydrogens is 1050 g/mol. The molecule has 1 aliphatic heterocycles. The number of aromatic nitrogens is 3. The fraction of sp³-hybridized carbons (Fsp3) is 0. The largest absolute Gasteiger partial charge is 2.00 e. The van der Waals surface area contributed by atoms with E-state index in [4.69, 9.17) is 9.72 Å². The second-order valence-corrected chi connectivity index (χ2v) is 17.5. The molecule has 0 radical (unpaired) electrons. The number of para-hydroxylation sites is 3. The van der Waals surface area contributed by atoms with Crippen molar-refractivity contribution < 1.29 is 25.8 Å². The quantitative estimate of drug-likeness (QED) is 0.112. The van der Waals surface area contributed by atoms with Crippen LogP contribution >= 0.6 is 0 Å². The first-order chi connectivity index (χ1) is 34.7. The van der Waals surface area contributed by atoms with Crippen molar-refractivity contribution in [1.82, 2.24) is 23.3 Å². The van der Waals surface area contributed by atoms with Gasteiger partial charge in [-0.05, 0) is 93.2 Å². The van der Waals surface area contributed by atoms with Gasteiger partial charge in [-0.3, -0.25) is 0 Å². The molecule has 14 rings (SSSR count). The smallest absolute Gasteiger partial charge is 0.509 e. The van der Waals surface area contributed by atoms with Gasteiger partial charge < -0.3 is 13.9 Å². The predicted molar refractivity (Wildman–Crippen MR) is 286 cm³/mol. The zero-order valence-corrected chi connectivity index (χ0v) is 40.2. The van der Waals surface area contributed by atoms with Crippen LogP contribution in [0.2, 0.25) is 0 Å². The summed E-state index contributed by atoms with van der Waals surface area (Å²) in [5.74, 6) is 1.92. The fourth-order valence-corrected chi connectivity index (χ4v) is 10.5. The maximum Gasteiger partial charge on any atom is 2.00 e. The average Bonchev–Trinajstić information content (AvgIpc) is 4.09. The maximum atomic E-state index is 6.76. The van der Waals surface area contributed by atoms with Gasteiger partial charge in [0, 0.05) is 45.7 Å². The molecule has 0 N–H and O–H groups in total. The van der Waals surface area contributed by atoms with Crippen molar-refractivity contribution in [3.8, 4) is 45.3 Å². The van der Waals surface area contributed by atoms with Gasteiger partial charge in [0.25, 0.3) is 5.69 Å². The van der Waals surface area contributed by atoms with Gasteiger partial charge in [0.05, 0.1) is 27.5 Å². The molecule has 7 heteroatoms. The topological polar surface area (TPSA) is 38.0 Å². The Morgan fingerprint density at radius 1 is 0.437 bits per heavy atom. The first kappa shape index (κ1) is 42.2. The maximum absolute atomic E-state index is 6.76. The summed E-state index contributed by atoms with van der Waals surface area (Å²) in [6, 6.07) is 92.0. The third-order valence-electron chi connectivity index (χ3n) is 13.5. The summed E-state index contributed by atoms with van der Waals surface area (Å²) < 4.78 is 15.6. The minimum Gasteiger partial charge on any atom is -0.509 e. The van der Waals surface area contributed by atoms with E-state index >= 15 is 0 Å². The Labute approximate surface area is 423 Å². The zero-order chi connectivity index (χ0) is 46.1. The van der Waals surface area contributed by atoms with Crippen LogP contribution in [-0.2, 0) is 21.1 Å². The summed E-state index contributed by atoms with van der Waals surface area (Å²) in [4.78, 5) is 4.83. The minimum atomic E-state index is 0. The van der Waals surface area contributed by atoms with Gasteiger partial charge in [0.1, 0.15) is 11.5 Å². The summed E-state index contributed by atoms with van der Waals surface area (Å²) in [5.41, 5.74) is 13.6. The van der Waals surface area contributed by atoms with Crippen molar-refractivity contribution in [1.29, 1.82) is 0 Å². The molecule has 1 aliphatic rings. The van der Waals surface area contributed by atoms with Crippen molar-refractivity contribution in [3.05, 3.63) is 249 Å². The molecule has 334 valence electrons. The molecule has 10 aromatic carbocycles. The van der Waals surface area contributed by atoms with Gasteiger partial charge in [-0.1, -0.05) is 150 Å². The van der Waals surface area contributed by atoms with Crippen molar-refractivity contribution >= 4 is 83.1 Å². The van der Waals surface area contributed by atoms with Gasteiger partial charge in [0.2, 0.25) is 5.69 Å². The molecule has 6 nitrogen and oxygen atoms in total. The van der Waals surface area contributed by atoms with Crippen LogP contribution in [0.25, 0.3) is 88.1 Å². The van der Waals surface area contributed by atoms with Gasteiger partial charge >= 0.3 is 32.8 Å². The Hall–Kier alpha value is -8.92. The van der Waals surface area contributed by atoms with E-state index < -0.39 is 0 Å². The number of benzene rings is 10. The Kier molecular flexibility index (Phi) is 10.2. The molecule has 0 saturated carbocycles. The fourth-order valence-electron chi connectivity index (χ4n) is 10.5. The van der Waals surface area contributed by atoms with Crippen LogP contribution in [0.1, 0.15) is 0 Å². The molecular formula is C64H39N5OPt+2. The first-order valence-electron chi connectivity index (χ1n) is 23.5. The summed E-state index contributed by atoms with van der Waals surface area (Å²) in [6.45, 7) is 0. The van der Waals surface area contributed by atoms with Gasteiger partial charge in [-0.25, -0.2) is 4.98 Å². The van der Waals surface area contributed by atoms with Crippen molar-refractivity contribution in [3.63, 3.8) is 0 Å². The normalized spacial score (nSPS) is 12.1. The van der Waals surface area contributed by atoms with E-state index in [1.54, 1.807) is 0 Å². The van der Waals surface area contributed by atoms with E-state index in [-0.39, 0.29) is 21.1 Å². The van der Waals surface area contributed by atoms with Gasteiger partial charge in [-0.15, -0.1) is 23.6 Å². The molecule has 3 aromatic heterocycles. The van der Waals surface area contributed by atoms with E-state index in [2.05, 4.69) is 231 Å². The SMILES string of the molecule is C1=[N+](c2[c-]c(Oc3[c-]c4c(cc3)c3cc(-n5c6ccccc6c6ccccc65)ccc3n4-c3ccccn3)ccc2)c2ccc3ccccc3c2[N+]=1c1c(-c2ccccc2)cccc1-c1ccccc1.[Pt+2]. The molecule has 0 atom stereocenters. The Morgan fingerprint density at radius 3 is 1.79 bits per heavy atom. The standard InChI is InChI=1S/C64H39N5O.Pt/c1-3-17-43(18-4-1)50-27-16-28-51(44-19-5-2-6-20-44)63(50)67-42-66(60-36-32-45-21-7-8-24-52(45)64(60)67)46-22-15-23-48(39-46)70-49-34-35-55-56-40-47(33-37-59(56)69(61(55)41-49)62-31-13-14-38-65-62)68-57-29-11-9-25-53(57)54-26-10-12-30-58(54)68;/h1-38,40H;/q;+2. The molecule has 0 spiro atoms. The number of ether oxygens (including phenoxy) is 1. The zero-order valence-electron chi connectivity index (χ0n) is 38.0. The van der Waals surface area contributed by atoms with E-state index in [9.17, 15) is 0 Å². The van der Waals surface area contributed by atoms with E-state index in [0.29, 0.717) is 11.5 Å². The van der Waals surface area contributed by atoms with E-state index in [1.807, 2.05) is 42.6 Å². The third kappa shape index (κ3) is 6.95. The third-order valence-corrected chi connectivity index (χ3v) is 13.5. The van der Waals surface area contributed by atoms with Crippen molar-refractivity contribution in [2.45, 2.75) is 0 Å². The van der Waals surface area contributed by atoms with Crippen molar-refractivity contribution in [2.24, 2.45) is 0 Å². The molecule has 0 bridgehead atoms. The Balaban J connectivity index is 0.00000492. The average molecular weight is 1090 g/mol. The van der Waals surface area contributed by atoms with Crippen molar-refractivity contribution in [2.75, 3.05) is 0 Å². The molecule has 0 aliphatic carbocycles. The van der Waals surface area contributed by atoms with Gasteiger partial charge in [-0.2, -0.15) is 12.1 Å². The molecule has 0 saturated heterocycles. The number of hydrogen-bond donors (Lipinski definition) is 0. The number of fused-ring (bicyclic) bond motifs is 9. The number of nitrogens with zero attached hydrogens (tertiary/aromatic N) is 5. The summed E-state index contributed by atoms with van der Waals surface area (Å²) in [6.07, 6.45) is 1.83. The molecule has 0 fully saturated rings. The number of pyridine rings is 1. The van der Waals surface area contributed by atoms with Crippen LogP contribution in [-0.4, -0.2) is 20.1 Å².